The van der Waals surface area contributed by atoms with E-state index in [9.17, 15) is 5.11 Å². The van der Waals surface area contributed by atoms with Gasteiger partial charge in [0, 0.05) is 18.9 Å². The van der Waals surface area contributed by atoms with Crippen LogP contribution in [0.1, 0.15) is 19.3 Å². The maximum Gasteiger partial charge on any atom is 0.180 e. The van der Waals surface area contributed by atoms with E-state index in [0.717, 1.165) is 37.3 Å². The summed E-state index contributed by atoms with van der Waals surface area (Å²) in [7, 11) is 0. The molecular weight excluding hydrogens is 244 g/mol. The number of hydrazine groups is 1. The first-order chi connectivity index (χ1) is 9.33. The average Bonchev–Trinajstić information content (AvgIpc) is 2.94. The molecule has 7 nitrogen and oxygen atoms in total. The number of piperidine rings is 1. The lowest BCUT2D eigenvalue weighted by Gasteiger charge is -2.35. The van der Waals surface area contributed by atoms with E-state index in [1.54, 1.807) is 12.4 Å². The predicted molar refractivity (Wildman–Crippen MR) is 72.9 cm³/mol. The number of rotatable bonds is 3. The number of nitrogens with two attached hydrogens (primary N) is 1. The number of aromatic nitrogens is 3. The van der Waals surface area contributed by atoms with Gasteiger partial charge in [-0.05, 0) is 19.3 Å². The molecule has 0 aliphatic carbocycles. The SMILES string of the molecule is NNc1cn2ccnc2c(N2CCCCC2CO)n1. The van der Waals surface area contributed by atoms with Crippen LogP contribution in [0.25, 0.3) is 5.65 Å². The molecule has 0 aromatic carbocycles. The van der Waals surface area contributed by atoms with Gasteiger partial charge in [0.1, 0.15) is 0 Å². The van der Waals surface area contributed by atoms with Crippen LogP contribution in [-0.2, 0) is 0 Å². The van der Waals surface area contributed by atoms with Gasteiger partial charge in [0.05, 0.1) is 18.8 Å². The van der Waals surface area contributed by atoms with Gasteiger partial charge in [0.25, 0.3) is 0 Å². The highest BCUT2D eigenvalue weighted by molar-refractivity contribution is 5.67. The topological polar surface area (TPSA) is 91.7 Å². The van der Waals surface area contributed by atoms with Crippen molar-refractivity contribution in [2.45, 2.75) is 25.3 Å². The minimum Gasteiger partial charge on any atom is -0.394 e. The van der Waals surface area contributed by atoms with Crippen LogP contribution < -0.4 is 16.2 Å². The quantitative estimate of drug-likeness (QED) is 0.546. The van der Waals surface area contributed by atoms with Crippen LogP contribution in [0.2, 0.25) is 0 Å². The summed E-state index contributed by atoms with van der Waals surface area (Å²) in [6.07, 6.45) is 8.61. The zero-order chi connectivity index (χ0) is 13.2. The van der Waals surface area contributed by atoms with Crippen LogP contribution in [0.15, 0.2) is 18.6 Å². The molecule has 0 amide bonds. The Labute approximate surface area is 111 Å². The molecule has 1 aliphatic rings. The molecule has 1 atom stereocenters. The number of nitrogens with zero attached hydrogens (tertiary/aromatic N) is 4. The molecule has 1 aliphatic heterocycles. The highest BCUT2D eigenvalue weighted by Gasteiger charge is 2.25. The van der Waals surface area contributed by atoms with Crippen molar-refractivity contribution in [2.75, 3.05) is 23.5 Å². The fourth-order valence-corrected chi connectivity index (χ4v) is 2.65. The van der Waals surface area contributed by atoms with Crippen molar-refractivity contribution in [3.8, 4) is 0 Å². The van der Waals surface area contributed by atoms with Crippen LogP contribution in [-0.4, -0.2) is 38.7 Å². The van der Waals surface area contributed by atoms with Crippen molar-refractivity contribution in [2.24, 2.45) is 5.84 Å². The third-order valence-electron chi connectivity index (χ3n) is 3.61. The summed E-state index contributed by atoms with van der Waals surface area (Å²) in [6.45, 7) is 1.02. The third kappa shape index (κ3) is 2.11. The van der Waals surface area contributed by atoms with E-state index in [1.165, 1.54) is 0 Å². The van der Waals surface area contributed by atoms with E-state index in [4.69, 9.17) is 5.84 Å². The lowest BCUT2D eigenvalue weighted by atomic mass is 10.0. The number of imidazole rings is 1. The van der Waals surface area contributed by atoms with Gasteiger partial charge >= 0.3 is 0 Å². The number of nitrogen functional groups attached to an aromatic ring is 1. The Morgan fingerprint density at radius 3 is 3.16 bits per heavy atom. The number of fused-ring (bicyclic) bond motifs is 1. The van der Waals surface area contributed by atoms with E-state index in [0.29, 0.717) is 5.82 Å². The molecule has 2 aromatic heterocycles. The molecule has 1 fully saturated rings. The van der Waals surface area contributed by atoms with Gasteiger partial charge < -0.3 is 19.8 Å². The zero-order valence-electron chi connectivity index (χ0n) is 10.7. The fourth-order valence-electron chi connectivity index (χ4n) is 2.65. The number of aliphatic hydroxyl groups excluding tert-OH is 1. The molecule has 3 rings (SSSR count). The van der Waals surface area contributed by atoms with Gasteiger partial charge in [-0.2, -0.15) is 0 Å². The fraction of sp³-hybridized carbons (Fsp3) is 0.500. The summed E-state index contributed by atoms with van der Waals surface area (Å²) in [6, 6.07) is 0.106. The van der Waals surface area contributed by atoms with Gasteiger partial charge in [-0.1, -0.05) is 0 Å². The van der Waals surface area contributed by atoms with Crippen molar-refractivity contribution in [3.05, 3.63) is 18.6 Å². The van der Waals surface area contributed by atoms with Crippen molar-refractivity contribution < 1.29 is 5.11 Å². The summed E-state index contributed by atoms with van der Waals surface area (Å²) in [4.78, 5) is 11.0. The molecule has 0 saturated carbocycles. The first kappa shape index (κ1) is 12.2. The molecule has 2 aromatic rings. The lowest BCUT2D eigenvalue weighted by Crippen LogP contribution is -2.42. The average molecular weight is 262 g/mol. The van der Waals surface area contributed by atoms with Gasteiger partial charge in [-0.3, -0.25) is 0 Å². The first-order valence-electron chi connectivity index (χ1n) is 6.51. The molecule has 3 heterocycles. The monoisotopic (exact) mass is 262 g/mol. The molecule has 0 radical (unpaired) electrons. The molecule has 1 unspecified atom stereocenters. The van der Waals surface area contributed by atoms with Crippen LogP contribution in [0.5, 0.6) is 0 Å². The van der Waals surface area contributed by atoms with E-state index in [-0.39, 0.29) is 12.6 Å². The van der Waals surface area contributed by atoms with Crippen LogP contribution in [0.3, 0.4) is 0 Å². The molecule has 19 heavy (non-hydrogen) atoms. The predicted octanol–water partition coefficient (Wildman–Crippen LogP) is 0.366. The Morgan fingerprint density at radius 2 is 2.37 bits per heavy atom. The molecule has 102 valence electrons. The smallest absolute Gasteiger partial charge is 0.180 e. The van der Waals surface area contributed by atoms with Gasteiger partial charge in [0.15, 0.2) is 17.3 Å². The van der Waals surface area contributed by atoms with Crippen molar-refractivity contribution >= 4 is 17.3 Å². The zero-order valence-corrected chi connectivity index (χ0v) is 10.7. The summed E-state index contributed by atoms with van der Waals surface area (Å²) in [5, 5.41) is 9.53. The minimum absolute atomic E-state index is 0.106. The number of aliphatic hydroxyl groups is 1. The Hall–Kier alpha value is -1.86. The Bertz CT molecular complexity index is 568. The maximum absolute atomic E-state index is 9.53. The molecular formula is C12H18N6O. The summed E-state index contributed by atoms with van der Waals surface area (Å²) >= 11 is 0. The van der Waals surface area contributed by atoms with E-state index in [2.05, 4.69) is 20.3 Å². The van der Waals surface area contributed by atoms with Gasteiger partial charge in [0.2, 0.25) is 0 Å². The molecule has 4 N–H and O–H groups in total. The second-order valence-corrected chi connectivity index (χ2v) is 4.78. The highest BCUT2D eigenvalue weighted by atomic mass is 16.3. The van der Waals surface area contributed by atoms with Crippen molar-refractivity contribution in [3.63, 3.8) is 0 Å². The summed E-state index contributed by atoms with van der Waals surface area (Å²) in [5.41, 5.74) is 3.36. The minimum atomic E-state index is 0.106. The van der Waals surface area contributed by atoms with Crippen molar-refractivity contribution in [1.82, 2.24) is 14.4 Å². The van der Waals surface area contributed by atoms with Crippen LogP contribution >= 0.6 is 0 Å². The number of anilines is 2. The molecule has 0 bridgehead atoms. The number of hydrogen-bond donors (Lipinski definition) is 3. The van der Waals surface area contributed by atoms with Gasteiger partial charge in [-0.25, -0.2) is 15.8 Å². The Balaban J connectivity index is 2.08. The summed E-state index contributed by atoms with van der Waals surface area (Å²) in [5.74, 6) is 6.82. The molecule has 1 saturated heterocycles. The third-order valence-corrected chi connectivity index (χ3v) is 3.61. The highest BCUT2D eigenvalue weighted by Crippen LogP contribution is 2.27. The largest absolute Gasteiger partial charge is 0.394 e. The Morgan fingerprint density at radius 1 is 1.47 bits per heavy atom. The first-order valence-corrected chi connectivity index (χ1v) is 6.51. The summed E-state index contributed by atoms with van der Waals surface area (Å²) < 4.78 is 1.89. The second-order valence-electron chi connectivity index (χ2n) is 4.78. The van der Waals surface area contributed by atoms with Gasteiger partial charge in [-0.15, -0.1) is 0 Å². The molecule has 7 heteroatoms. The van der Waals surface area contributed by atoms with Crippen LogP contribution in [0.4, 0.5) is 11.6 Å². The van der Waals surface area contributed by atoms with Crippen molar-refractivity contribution in [1.29, 1.82) is 0 Å². The normalized spacial score (nSPS) is 19.9. The maximum atomic E-state index is 9.53. The standard InChI is InChI=1S/C12H18N6O/c13-16-10-7-17-6-4-14-11(17)12(15-10)18-5-2-1-3-9(18)8-19/h4,6-7,9,16,19H,1-3,5,8,13H2. The number of nitrogens with one attached hydrogen (secondary N) is 1. The lowest BCUT2D eigenvalue weighted by molar-refractivity contribution is 0.239. The molecule has 0 spiro atoms. The number of hydrogen-bond acceptors (Lipinski definition) is 6. The van der Waals surface area contributed by atoms with Crippen LogP contribution in [0, 0.1) is 0 Å². The Kier molecular flexibility index (Phi) is 3.22. The van der Waals surface area contributed by atoms with E-state index < -0.39 is 0 Å². The van der Waals surface area contributed by atoms with E-state index >= 15 is 0 Å². The van der Waals surface area contributed by atoms with E-state index in [1.807, 2.05) is 10.6 Å². The second kappa shape index (κ2) is 5.02.